The summed E-state index contributed by atoms with van der Waals surface area (Å²) in [5.41, 5.74) is 0. The van der Waals surface area contributed by atoms with Gasteiger partial charge in [0.05, 0.1) is 13.1 Å². The lowest BCUT2D eigenvalue weighted by Gasteiger charge is -2.38. The summed E-state index contributed by atoms with van der Waals surface area (Å²) >= 11 is 5.94. The third-order valence-electron chi connectivity index (χ3n) is 3.09. The van der Waals surface area contributed by atoms with Crippen LogP contribution in [0.1, 0.15) is 12.8 Å². The first-order chi connectivity index (χ1) is 8.24. The summed E-state index contributed by atoms with van der Waals surface area (Å²) in [5.74, 6) is 1.02. The van der Waals surface area contributed by atoms with Crippen molar-refractivity contribution in [3.05, 3.63) is 23.4 Å². The number of rotatable bonds is 3. The third-order valence-corrected chi connectivity index (χ3v) is 3.38. The van der Waals surface area contributed by atoms with Gasteiger partial charge in [-0.15, -0.1) is 0 Å². The predicted molar refractivity (Wildman–Crippen MR) is 63.0 cm³/mol. The highest BCUT2D eigenvalue weighted by atomic mass is 35.5. The van der Waals surface area contributed by atoms with Crippen LogP contribution in [0, 0.1) is 5.92 Å². The van der Waals surface area contributed by atoms with E-state index >= 15 is 0 Å². The molecular weight excluding hydrogens is 240 g/mol. The molecule has 1 amide bonds. The summed E-state index contributed by atoms with van der Waals surface area (Å²) in [6.45, 7) is 1.31. The highest BCUT2D eigenvalue weighted by Gasteiger charge is 2.40. The van der Waals surface area contributed by atoms with Gasteiger partial charge in [0.2, 0.25) is 11.8 Å². The molecule has 1 saturated heterocycles. The molecule has 3 rings (SSSR count). The van der Waals surface area contributed by atoms with E-state index in [9.17, 15) is 4.79 Å². The zero-order valence-electron chi connectivity index (χ0n) is 9.30. The van der Waals surface area contributed by atoms with Gasteiger partial charge in [-0.2, -0.15) is 0 Å². The summed E-state index contributed by atoms with van der Waals surface area (Å²) in [5, 5.41) is 0.513. The standard InChI is InChI=1S/C12H13ClN2O2/c13-10-2-1-5-14-11(10)17-9-6-15(7-9)12(16)8-3-4-8/h1-2,5,8-9H,3-4,6-7H2. The molecule has 2 fully saturated rings. The van der Waals surface area contributed by atoms with Crippen molar-refractivity contribution < 1.29 is 9.53 Å². The van der Waals surface area contributed by atoms with Gasteiger partial charge in [-0.25, -0.2) is 4.98 Å². The molecule has 1 saturated carbocycles. The summed E-state index contributed by atoms with van der Waals surface area (Å²) < 4.78 is 5.62. The second-order valence-corrected chi connectivity index (χ2v) is 4.95. The number of nitrogens with zero attached hydrogens (tertiary/aromatic N) is 2. The van der Waals surface area contributed by atoms with Gasteiger partial charge in [0.15, 0.2) is 0 Å². The molecule has 0 N–H and O–H groups in total. The summed E-state index contributed by atoms with van der Waals surface area (Å²) in [7, 11) is 0. The van der Waals surface area contributed by atoms with E-state index in [4.69, 9.17) is 16.3 Å². The minimum absolute atomic E-state index is 0.0325. The second-order valence-electron chi connectivity index (χ2n) is 4.55. The Morgan fingerprint density at radius 1 is 1.47 bits per heavy atom. The van der Waals surface area contributed by atoms with E-state index in [2.05, 4.69) is 4.98 Å². The van der Waals surface area contributed by atoms with Crippen LogP contribution < -0.4 is 4.74 Å². The van der Waals surface area contributed by atoms with Crippen molar-refractivity contribution in [1.82, 2.24) is 9.88 Å². The molecular formula is C12H13ClN2O2. The van der Waals surface area contributed by atoms with E-state index in [0.717, 1.165) is 12.8 Å². The number of ether oxygens (including phenoxy) is 1. The van der Waals surface area contributed by atoms with Crippen LogP contribution >= 0.6 is 11.6 Å². The number of hydrogen-bond acceptors (Lipinski definition) is 3. The quantitative estimate of drug-likeness (QED) is 0.823. The maximum absolute atomic E-state index is 11.7. The lowest BCUT2D eigenvalue weighted by atomic mass is 10.1. The van der Waals surface area contributed by atoms with Gasteiger partial charge < -0.3 is 9.64 Å². The topological polar surface area (TPSA) is 42.4 Å². The van der Waals surface area contributed by atoms with Gasteiger partial charge in [0.25, 0.3) is 0 Å². The van der Waals surface area contributed by atoms with Crippen molar-refractivity contribution in [2.24, 2.45) is 5.92 Å². The average molecular weight is 253 g/mol. The fourth-order valence-corrected chi connectivity index (χ4v) is 2.06. The number of aromatic nitrogens is 1. The lowest BCUT2D eigenvalue weighted by Crippen LogP contribution is -2.56. The van der Waals surface area contributed by atoms with Crippen molar-refractivity contribution in [2.45, 2.75) is 18.9 Å². The number of carbonyl (C=O) groups is 1. The molecule has 17 heavy (non-hydrogen) atoms. The summed E-state index contributed by atoms with van der Waals surface area (Å²) in [6, 6.07) is 3.51. The van der Waals surface area contributed by atoms with Crippen LogP contribution in [-0.2, 0) is 4.79 Å². The molecule has 2 heterocycles. The Kier molecular flexibility index (Phi) is 2.67. The number of amides is 1. The van der Waals surface area contributed by atoms with Crippen LogP contribution in [0.2, 0.25) is 5.02 Å². The van der Waals surface area contributed by atoms with Gasteiger partial charge in [0.1, 0.15) is 11.1 Å². The Bertz CT molecular complexity index is 442. The Labute approximate surface area is 105 Å². The van der Waals surface area contributed by atoms with Gasteiger partial charge in [-0.05, 0) is 25.0 Å². The Balaban J connectivity index is 1.53. The summed E-state index contributed by atoms with van der Waals surface area (Å²) in [6.07, 6.45) is 3.78. The van der Waals surface area contributed by atoms with Crippen LogP contribution in [0.15, 0.2) is 18.3 Å². The van der Waals surface area contributed by atoms with Gasteiger partial charge in [-0.3, -0.25) is 4.79 Å². The summed E-state index contributed by atoms with van der Waals surface area (Å²) in [4.78, 5) is 17.6. The van der Waals surface area contributed by atoms with E-state index < -0.39 is 0 Å². The van der Waals surface area contributed by atoms with Crippen LogP contribution in [0.25, 0.3) is 0 Å². The maximum Gasteiger partial charge on any atom is 0.232 e. The molecule has 1 aliphatic heterocycles. The van der Waals surface area contributed by atoms with E-state index in [1.165, 1.54) is 0 Å². The Morgan fingerprint density at radius 3 is 2.88 bits per heavy atom. The van der Waals surface area contributed by atoms with Crippen molar-refractivity contribution in [1.29, 1.82) is 0 Å². The first-order valence-corrected chi connectivity index (χ1v) is 6.18. The zero-order valence-corrected chi connectivity index (χ0v) is 10.1. The average Bonchev–Trinajstić information content (AvgIpc) is 3.08. The number of pyridine rings is 1. The van der Waals surface area contributed by atoms with Crippen LogP contribution in [0.4, 0.5) is 0 Å². The number of likely N-dealkylation sites (tertiary alicyclic amines) is 1. The van der Waals surface area contributed by atoms with Crippen LogP contribution in [0.5, 0.6) is 5.88 Å². The fourth-order valence-electron chi connectivity index (χ4n) is 1.90. The van der Waals surface area contributed by atoms with Gasteiger partial charge in [0, 0.05) is 12.1 Å². The molecule has 90 valence electrons. The fraction of sp³-hybridized carbons (Fsp3) is 0.500. The molecule has 4 nitrogen and oxygen atoms in total. The molecule has 0 spiro atoms. The number of carbonyl (C=O) groups excluding carboxylic acids is 1. The SMILES string of the molecule is O=C(C1CC1)N1CC(Oc2ncccc2Cl)C1. The Hall–Kier alpha value is -1.29. The third kappa shape index (κ3) is 2.22. The maximum atomic E-state index is 11.7. The lowest BCUT2D eigenvalue weighted by molar-refractivity contribution is -0.141. The molecule has 0 aromatic carbocycles. The molecule has 2 aliphatic rings. The van der Waals surface area contributed by atoms with Crippen molar-refractivity contribution in [3.8, 4) is 5.88 Å². The van der Waals surface area contributed by atoms with E-state index in [1.54, 1.807) is 18.3 Å². The minimum atomic E-state index is 0.0325. The number of hydrogen-bond donors (Lipinski definition) is 0. The van der Waals surface area contributed by atoms with Crippen molar-refractivity contribution in [2.75, 3.05) is 13.1 Å². The second kappa shape index (κ2) is 4.18. The largest absolute Gasteiger partial charge is 0.470 e. The normalized spacial score (nSPS) is 19.9. The minimum Gasteiger partial charge on any atom is -0.470 e. The molecule has 0 atom stereocenters. The van der Waals surface area contributed by atoms with Crippen LogP contribution in [0.3, 0.4) is 0 Å². The first-order valence-electron chi connectivity index (χ1n) is 5.80. The first kappa shape index (κ1) is 10.8. The molecule has 5 heteroatoms. The van der Waals surface area contributed by atoms with Crippen molar-refractivity contribution in [3.63, 3.8) is 0 Å². The molecule has 1 aromatic heterocycles. The van der Waals surface area contributed by atoms with E-state index in [-0.39, 0.29) is 17.9 Å². The Morgan fingerprint density at radius 2 is 2.24 bits per heavy atom. The highest BCUT2D eigenvalue weighted by molar-refractivity contribution is 6.31. The molecule has 1 aliphatic carbocycles. The van der Waals surface area contributed by atoms with Crippen LogP contribution in [-0.4, -0.2) is 35.0 Å². The molecule has 0 radical (unpaired) electrons. The molecule has 0 unspecified atom stereocenters. The van der Waals surface area contributed by atoms with Crippen molar-refractivity contribution >= 4 is 17.5 Å². The van der Waals surface area contributed by atoms with Gasteiger partial charge >= 0.3 is 0 Å². The molecule has 1 aromatic rings. The van der Waals surface area contributed by atoms with E-state index in [1.807, 2.05) is 4.90 Å². The molecule has 0 bridgehead atoms. The predicted octanol–water partition coefficient (Wildman–Crippen LogP) is 1.73. The van der Waals surface area contributed by atoms with Gasteiger partial charge in [-0.1, -0.05) is 11.6 Å². The highest BCUT2D eigenvalue weighted by Crippen LogP contribution is 2.33. The zero-order chi connectivity index (χ0) is 11.8. The number of halogens is 1. The van der Waals surface area contributed by atoms with E-state index in [0.29, 0.717) is 24.0 Å². The smallest absolute Gasteiger partial charge is 0.232 e. The monoisotopic (exact) mass is 252 g/mol.